The molecule has 1 aromatic carbocycles. The molecule has 2 aromatic rings. The number of benzene rings is 1. The smallest absolute Gasteiger partial charge is 0.251 e. The Morgan fingerprint density at radius 1 is 1.19 bits per heavy atom. The number of rotatable bonds is 5. The number of anilines is 1. The number of pyridine rings is 1. The van der Waals surface area contributed by atoms with Crippen molar-refractivity contribution in [1.82, 2.24) is 20.9 Å². The van der Waals surface area contributed by atoms with Crippen molar-refractivity contribution in [2.24, 2.45) is 4.99 Å². The van der Waals surface area contributed by atoms with Gasteiger partial charge in [-0.15, -0.1) is 0 Å². The zero-order valence-corrected chi connectivity index (χ0v) is 15.5. The van der Waals surface area contributed by atoms with Crippen LogP contribution >= 0.6 is 0 Å². The molecule has 3 rings (SSSR count). The minimum absolute atomic E-state index is 0.0694. The number of aromatic nitrogens is 1. The van der Waals surface area contributed by atoms with Crippen LogP contribution in [0.2, 0.25) is 0 Å². The standard InChI is InChI=1S/C20H24N6O/c1-3-22-19-10-17(25-13(2)26-19)12-24-20(27)15-6-4-14(5-7-15)16-8-9-18(21)23-11-16/h4-11,13,25H,3,12H2,1-2H3,(H2,21,23)(H,22,26)(H,24,27). The summed E-state index contributed by atoms with van der Waals surface area (Å²) in [4.78, 5) is 20.9. The van der Waals surface area contributed by atoms with Crippen LogP contribution in [0.5, 0.6) is 0 Å². The highest BCUT2D eigenvalue weighted by molar-refractivity contribution is 5.96. The van der Waals surface area contributed by atoms with E-state index in [0.717, 1.165) is 22.7 Å². The van der Waals surface area contributed by atoms with Gasteiger partial charge in [0.2, 0.25) is 0 Å². The van der Waals surface area contributed by atoms with Crippen LogP contribution in [-0.2, 0) is 0 Å². The molecule has 1 aliphatic rings. The maximum absolute atomic E-state index is 12.4. The maximum atomic E-state index is 12.4. The van der Waals surface area contributed by atoms with Crippen LogP contribution < -0.4 is 21.7 Å². The van der Waals surface area contributed by atoms with E-state index in [9.17, 15) is 4.79 Å². The third-order valence-electron chi connectivity index (χ3n) is 4.11. The fourth-order valence-corrected chi connectivity index (χ4v) is 2.82. The number of nitrogens with one attached hydrogen (secondary N) is 3. The highest BCUT2D eigenvalue weighted by atomic mass is 16.1. The first-order valence-electron chi connectivity index (χ1n) is 8.93. The molecule has 0 aliphatic carbocycles. The van der Waals surface area contributed by atoms with Crippen molar-refractivity contribution in [1.29, 1.82) is 0 Å². The molecular weight excluding hydrogens is 340 g/mol. The van der Waals surface area contributed by atoms with Crippen molar-refractivity contribution in [3.63, 3.8) is 0 Å². The Kier molecular flexibility index (Phi) is 5.71. The third-order valence-corrected chi connectivity index (χ3v) is 4.11. The summed E-state index contributed by atoms with van der Waals surface area (Å²) in [7, 11) is 0. The predicted octanol–water partition coefficient (Wildman–Crippen LogP) is 1.90. The summed E-state index contributed by atoms with van der Waals surface area (Å²) < 4.78 is 0. The van der Waals surface area contributed by atoms with Gasteiger partial charge in [0.05, 0.1) is 12.7 Å². The summed E-state index contributed by atoms with van der Waals surface area (Å²) in [5.41, 5.74) is 9.08. The predicted molar refractivity (Wildman–Crippen MR) is 108 cm³/mol. The molecule has 5 N–H and O–H groups in total. The first-order chi connectivity index (χ1) is 13.0. The van der Waals surface area contributed by atoms with E-state index < -0.39 is 0 Å². The molecule has 0 saturated carbocycles. The Balaban J connectivity index is 1.63. The highest BCUT2D eigenvalue weighted by Gasteiger charge is 2.14. The molecule has 1 aromatic heterocycles. The van der Waals surface area contributed by atoms with Gasteiger partial charge in [-0.2, -0.15) is 0 Å². The van der Waals surface area contributed by atoms with E-state index in [1.54, 1.807) is 24.4 Å². The average molecular weight is 364 g/mol. The number of aliphatic imine (C=N–C) groups is 1. The summed E-state index contributed by atoms with van der Waals surface area (Å²) in [6.07, 6.45) is 3.71. The van der Waals surface area contributed by atoms with E-state index >= 15 is 0 Å². The summed E-state index contributed by atoms with van der Waals surface area (Å²) in [6, 6.07) is 11.1. The monoisotopic (exact) mass is 364 g/mol. The van der Waals surface area contributed by atoms with Gasteiger partial charge in [0.1, 0.15) is 11.7 Å². The van der Waals surface area contributed by atoms with Crippen LogP contribution in [0.1, 0.15) is 24.2 Å². The van der Waals surface area contributed by atoms with Gasteiger partial charge in [-0.25, -0.2) is 4.98 Å². The number of carbonyl (C=O) groups is 1. The number of amidine groups is 1. The lowest BCUT2D eigenvalue weighted by Crippen LogP contribution is -2.48. The summed E-state index contributed by atoms with van der Waals surface area (Å²) in [5.74, 6) is 1.19. The third kappa shape index (κ3) is 4.84. The van der Waals surface area contributed by atoms with Gasteiger partial charge in [0, 0.05) is 35.6 Å². The number of nitrogens with two attached hydrogens (primary N) is 1. The second-order valence-electron chi connectivity index (χ2n) is 6.27. The van der Waals surface area contributed by atoms with Gasteiger partial charge < -0.3 is 21.7 Å². The molecule has 0 saturated heterocycles. The van der Waals surface area contributed by atoms with Crippen LogP contribution in [-0.4, -0.2) is 36.0 Å². The second kappa shape index (κ2) is 8.35. The fraction of sp³-hybridized carbons (Fsp3) is 0.250. The zero-order chi connectivity index (χ0) is 19.2. The lowest BCUT2D eigenvalue weighted by molar-refractivity contribution is 0.0956. The molecule has 0 spiro atoms. The van der Waals surface area contributed by atoms with E-state index in [2.05, 4.69) is 25.9 Å². The topological polar surface area (TPSA) is 104 Å². The van der Waals surface area contributed by atoms with Gasteiger partial charge >= 0.3 is 0 Å². The first kappa shape index (κ1) is 18.4. The molecule has 1 aliphatic heterocycles. The normalized spacial score (nSPS) is 17.6. The van der Waals surface area contributed by atoms with Gasteiger partial charge in [-0.1, -0.05) is 12.1 Å². The number of hydrogen-bond donors (Lipinski definition) is 4. The molecule has 7 nitrogen and oxygen atoms in total. The lowest BCUT2D eigenvalue weighted by Gasteiger charge is -2.25. The minimum atomic E-state index is -0.125. The second-order valence-corrected chi connectivity index (χ2v) is 6.27. The molecule has 1 unspecified atom stereocenters. The Morgan fingerprint density at radius 2 is 1.93 bits per heavy atom. The van der Waals surface area contributed by atoms with E-state index in [4.69, 9.17) is 5.73 Å². The number of nitrogen functional groups attached to an aromatic ring is 1. The van der Waals surface area contributed by atoms with Crippen molar-refractivity contribution in [2.75, 3.05) is 18.8 Å². The van der Waals surface area contributed by atoms with Crippen LogP contribution in [0, 0.1) is 0 Å². The minimum Gasteiger partial charge on any atom is -0.384 e. The van der Waals surface area contributed by atoms with Crippen molar-refractivity contribution in [3.8, 4) is 11.1 Å². The quantitative estimate of drug-likeness (QED) is 0.649. The molecule has 1 atom stereocenters. The van der Waals surface area contributed by atoms with Crippen molar-refractivity contribution >= 4 is 17.6 Å². The SMILES string of the molecule is CCN=C1C=C(CNC(=O)c2ccc(-c3ccc(N)nc3)cc2)NC(C)N1. The van der Waals surface area contributed by atoms with Crippen molar-refractivity contribution < 1.29 is 4.79 Å². The van der Waals surface area contributed by atoms with Gasteiger partial charge in [-0.3, -0.25) is 9.79 Å². The Labute approximate surface area is 158 Å². The molecule has 2 heterocycles. The molecule has 0 fully saturated rings. The van der Waals surface area contributed by atoms with E-state index in [-0.39, 0.29) is 12.1 Å². The highest BCUT2D eigenvalue weighted by Crippen LogP contribution is 2.19. The van der Waals surface area contributed by atoms with Crippen LogP contribution in [0.15, 0.2) is 59.4 Å². The Hall–Kier alpha value is -3.35. The van der Waals surface area contributed by atoms with Crippen LogP contribution in [0.4, 0.5) is 5.82 Å². The Bertz CT molecular complexity index is 855. The van der Waals surface area contributed by atoms with Crippen LogP contribution in [0.3, 0.4) is 0 Å². The Morgan fingerprint density at radius 3 is 2.59 bits per heavy atom. The maximum Gasteiger partial charge on any atom is 0.251 e. The molecule has 0 bridgehead atoms. The van der Waals surface area contributed by atoms with E-state index in [0.29, 0.717) is 24.5 Å². The largest absolute Gasteiger partial charge is 0.384 e. The fourth-order valence-electron chi connectivity index (χ4n) is 2.82. The van der Waals surface area contributed by atoms with Gasteiger partial charge in [-0.05, 0) is 43.7 Å². The molecule has 0 radical (unpaired) electrons. The van der Waals surface area contributed by atoms with Crippen LogP contribution in [0.25, 0.3) is 11.1 Å². The molecule has 140 valence electrons. The van der Waals surface area contributed by atoms with E-state index in [1.807, 2.05) is 38.1 Å². The average Bonchev–Trinajstić information content (AvgIpc) is 2.67. The lowest BCUT2D eigenvalue weighted by atomic mass is 10.1. The summed E-state index contributed by atoms with van der Waals surface area (Å²) >= 11 is 0. The summed E-state index contributed by atoms with van der Waals surface area (Å²) in [6.45, 7) is 5.11. The van der Waals surface area contributed by atoms with Gasteiger partial charge in [0.25, 0.3) is 5.91 Å². The number of amides is 1. The number of nitrogens with zero attached hydrogens (tertiary/aromatic N) is 2. The number of hydrogen-bond acceptors (Lipinski definition) is 5. The summed E-state index contributed by atoms with van der Waals surface area (Å²) in [5, 5.41) is 9.45. The van der Waals surface area contributed by atoms with Gasteiger partial charge in [0.15, 0.2) is 0 Å². The first-order valence-corrected chi connectivity index (χ1v) is 8.93. The zero-order valence-electron chi connectivity index (χ0n) is 15.5. The molecule has 27 heavy (non-hydrogen) atoms. The van der Waals surface area contributed by atoms with Crippen molar-refractivity contribution in [3.05, 3.63) is 59.9 Å². The molecule has 7 heteroatoms. The number of carbonyl (C=O) groups excluding carboxylic acids is 1. The molecular formula is C20H24N6O. The van der Waals surface area contributed by atoms with Crippen molar-refractivity contribution in [2.45, 2.75) is 20.0 Å². The molecule has 1 amide bonds. The van der Waals surface area contributed by atoms with E-state index in [1.165, 1.54) is 0 Å².